The van der Waals surface area contributed by atoms with E-state index in [9.17, 15) is 18.0 Å². The Morgan fingerprint density at radius 3 is 2.43 bits per heavy atom. The molecule has 8 heteroatoms. The van der Waals surface area contributed by atoms with Crippen LogP contribution < -0.4 is 10.2 Å². The van der Waals surface area contributed by atoms with Crippen LogP contribution in [-0.2, 0) is 17.3 Å². The van der Waals surface area contributed by atoms with Crippen LogP contribution in [0.2, 0.25) is 0 Å². The molecule has 2 aromatic rings. The van der Waals surface area contributed by atoms with Crippen molar-refractivity contribution in [3.8, 4) is 0 Å². The van der Waals surface area contributed by atoms with Gasteiger partial charge in [0, 0.05) is 28.9 Å². The molecule has 162 valence electrons. The molecular weight excluding hydrogens is 461 g/mol. The zero-order chi connectivity index (χ0) is 22.1. The SMILES string of the molecule is CC(C)(C)OC(=O)NCC1Cc2c(Br)cccc2N(c2ccc(C(F)(F)F)cc2)C1. The third-order valence-corrected chi connectivity index (χ3v) is 5.50. The molecule has 4 nitrogen and oxygen atoms in total. The van der Waals surface area contributed by atoms with E-state index >= 15 is 0 Å². The maximum Gasteiger partial charge on any atom is 0.416 e. The number of anilines is 2. The first-order valence-electron chi connectivity index (χ1n) is 9.63. The van der Waals surface area contributed by atoms with Crippen molar-refractivity contribution in [3.63, 3.8) is 0 Å². The molecule has 0 aromatic heterocycles. The number of amides is 1. The Morgan fingerprint density at radius 1 is 1.17 bits per heavy atom. The smallest absolute Gasteiger partial charge is 0.416 e. The summed E-state index contributed by atoms with van der Waals surface area (Å²) in [6, 6.07) is 10.9. The van der Waals surface area contributed by atoms with Crippen molar-refractivity contribution >= 4 is 33.4 Å². The number of alkyl halides is 3. The highest BCUT2D eigenvalue weighted by molar-refractivity contribution is 9.10. The van der Waals surface area contributed by atoms with Crippen LogP contribution in [0.5, 0.6) is 0 Å². The Hall–Kier alpha value is -2.22. The number of nitrogens with zero attached hydrogens (tertiary/aromatic N) is 1. The van der Waals surface area contributed by atoms with Gasteiger partial charge in [-0.05, 0) is 75.1 Å². The second-order valence-electron chi connectivity index (χ2n) is 8.35. The molecule has 0 radical (unpaired) electrons. The van der Waals surface area contributed by atoms with Crippen LogP contribution in [0, 0.1) is 5.92 Å². The Morgan fingerprint density at radius 2 is 1.83 bits per heavy atom. The number of nitrogens with one attached hydrogen (secondary N) is 1. The van der Waals surface area contributed by atoms with Gasteiger partial charge in [0.25, 0.3) is 0 Å². The topological polar surface area (TPSA) is 41.6 Å². The zero-order valence-corrected chi connectivity index (χ0v) is 18.6. The van der Waals surface area contributed by atoms with Gasteiger partial charge in [0.1, 0.15) is 5.60 Å². The standard InChI is InChI=1S/C22H24BrF3N2O2/c1-21(2,3)30-20(29)27-12-14-11-17-18(23)5-4-6-19(17)28(13-14)16-9-7-15(8-10-16)22(24,25)26/h4-10,14H,11-13H2,1-3H3,(H,27,29). The number of halogens is 4. The zero-order valence-electron chi connectivity index (χ0n) is 17.0. The largest absolute Gasteiger partial charge is 0.444 e. The van der Waals surface area contributed by atoms with Gasteiger partial charge in [-0.3, -0.25) is 0 Å². The Kier molecular flexibility index (Phi) is 6.36. The summed E-state index contributed by atoms with van der Waals surface area (Å²) in [6.07, 6.45) is -4.13. The molecule has 2 aromatic carbocycles. The number of benzene rings is 2. The molecule has 0 aliphatic carbocycles. The number of carbonyl (C=O) groups is 1. The van der Waals surface area contributed by atoms with E-state index in [0.29, 0.717) is 18.8 Å². The van der Waals surface area contributed by atoms with E-state index in [1.807, 2.05) is 23.1 Å². The minimum Gasteiger partial charge on any atom is -0.444 e. The first-order chi connectivity index (χ1) is 13.9. The number of hydrogen-bond donors (Lipinski definition) is 1. The van der Waals surface area contributed by atoms with Crippen molar-refractivity contribution in [2.24, 2.45) is 5.92 Å². The van der Waals surface area contributed by atoms with E-state index in [1.54, 1.807) is 20.8 Å². The van der Waals surface area contributed by atoms with Crippen molar-refractivity contribution in [2.75, 3.05) is 18.0 Å². The van der Waals surface area contributed by atoms with Crippen LogP contribution in [0.4, 0.5) is 29.3 Å². The van der Waals surface area contributed by atoms with E-state index in [2.05, 4.69) is 21.2 Å². The molecule has 1 amide bonds. The number of rotatable bonds is 3. The predicted octanol–water partition coefficient (Wildman–Crippen LogP) is 6.30. The highest BCUT2D eigenvalue weighted by Gasteiger charge is 2.31. The molecule has 1 N–H and O–H groups in total. The van der Waals surface area contributed by atoms with Crippen molar-refractivity contribution in [1.29, 1.82) is 0 Å². The minimum absolute atomic E-state index is 0.0611. The molecule has 0 fully saturated rings. The predicted molar refractivity (Wildman–Crippen MR) is 114 cm³/mol. The molecule has 3 rings (SSSR count). The second kappa shape index (κ2) is 8.49. The minimum atomic E-state index is -4.37. The van der Waals surface area contributed by atoms with Gasteiger partial charge in [-0.2, -0.15) is 13.2 Å². The fraction of sp³-hybridized carbons (Fsp3) is 0.409. The summed E-state index contributed by atoms with van der Waals surface area (Å²) in [4.78, 5) is 14.0. The fourth-order valence-corrected chi connectivity index (χ4v) is 3.98. The van der Waals surface area contributed by atoms with Gasteiger partial charge in [0.05, 0.1) is 5.56 Å². The lowest BCUT2D eigenvalue weighted by atomic mass is 9.91. The number of ether oxygens (including phenoxy) is 1. The first-order valence-corrected chi connectivity index (χ1v) is 10.4. The van der Waals surface area contributed by atoms with Crippen LogP contribution in [0.1, 0.15) is 31.9 Å². The van der Waals surface area contributed by atoms with Crippen molar-refractivity contribution < 1.29 is 22.7 Å². The Balaban J connectivity index is 1.82. The average molecular weight is 485 g/mol. The summed E-state index contributed by atoms with van der Waals surface area (Å²) in [6.45, 7) is 6.35. The van der Waals surface area contributed by atoms with Gasteiger partial charge in [-0.25, -0.2) is 4.79 Å². The molecule has 0 saturated carbocycles. The molecular formula is C22H24BrF3N2O2. The van der Waals surface area contributed by atoms with Gasteiger partial charge in [-0.15, -0.1) is 0 Å². The van der Waals surface area contributed by atoms with Gasteiger partial charge in [0.2, 0.25) is 0 Å². The van der Waals surface area contributed by atoms with E-state index in [-0.39, 0.29) is 5.92 Å². The van der Waals surface area contributed by atoms with Gasteiger partial charge < -0.3 is 15.0 Å². The number of carbonyl (C=O) groups excluding carboxylic acids is 1. The molecule has 0 saturated heterocycles. The van der Waals surface area contributed by atoms with Crippen LogP contribution >= 0.6 is 15.9 Å². The quantitative estimate of drug-likeness (QED) is 0.555. The second-order valence-corrected chi connectivity index (χ2v) is 9.20. The molecule has 0 bridgehead atoms. The molecule has 1 unspecified atom stereocenters. The monoisotopic (exact) mass is 484 g/mol. The Labute approximate surface area is 182 Å². The molecule has 1 aliphatic heterocycles. The average Bonchev–Trinajstić information content (AvgIpc) is 2.64. The van der Waals surface area contributed by atoms with Crippen LogP contribution in [0.3, 0.4) is 0 Å². The molecule has 0 spiro atoms. The summed E-state index contributed by atoms with van der Waals surface area (Å²) < 4.78 is 45.0. The first kappa shape index (κ1) is 22.5. The van der Waals surface area contributed by atoms with E-state index in [0.717, 1.165) is 34.3 Å². The van der Waals surface area contributed by atoms with Crippen molar-refractivity contribution in [3.05, 3.63) is 58.1 Å². The van der Waals surface area contributed by atoms with Crippen LogP contribution in [0.25, 0.3) is 0 Å². The third kappa shape index (κ3) is 5.47. The lowest BCUT2D eigenvalue weighted by Crippen LogP contribution is -2.41. The van der Waals surface area contributed by atoms with Gasteiger partial charge in [0.15, 0.2) is 0 Å². The summed E-state index contributed by atoms with van der Waals surface area (Å²) in [5, 5.41) is 2.81. The maximum atomic E-state index is 12.9. The lowest BCUT2D eigenvalue weighted by Gasteiger charge is -2.37. The molecule has 1 aliphatic rings. The van der Waals surface area contributed by atoms with Crippen LogP contribution in [-0.4, -0.2) is 24.8 Å². The molecule has 1 atom stereocenters. The summed E-state index contributed by atoms with van der Waals surface area (Å²) >= 11 is 3.58. The third-order valence-electron chi connectivity index (χ3n) is 4.76. The van der Waals surface area contributed by atoms with E-state index < -0.39 is 23.4 Å². The molecule has 1 heterocycles. The highest BCUT2D eigenvalue weighted by Crippen LogP contribution is 2.39. The summed E-state index contributed by atoms with van der Waals surface area (Å²) in [5.41, 5.74) is 1.40. The van der Waals surface area contributed by atoms with Crippen LogP contribution in [0.15, 0.2) is 46.9 Å². The maximum absolute atomic E-state index is 12.9. The summed E-state index contributed by atoms with van der Waals surface area (Å²) in [7, 11) is 0. The summed E-state index contributed by atoms with van der Waals surface area (Å²) in [5.74, 6) is 0.0611. The highest BCUT2D eigenvalue weighted by atomic mass is 79.9. The van der Waals surface area contributed by atoms with E-state index in [1.165, 1.54) is 12.1 Å². The number of fused-ring (bicyclic) bond motifs is 1. The normalized spacial score (nSPS) is 16.8. The van der Waals surface area contributed by atoms with E-state index in [4.69, 9.17) is 4.74 Å². The number of alkyl carbamates (subject to hydrolysis) is 1. The Bertz CT molecular complexity index is 908. The van der Waals surface area contributed by atoms with Crippen molar-refractivity contribution in [1.82, 2.24) is 5.32 Å². The fourth-order valence-electron chi connectivity index (χ4n) is 3.47. The van der Waals surface area contributed by atoms with Gasteiger partial charge >= 0.3 is 12.3 Å². The lowest BCUT2D eigenvalue weighted by molar-refractivity contribution is -0.137. The van der Waals surface area contributed by atoms with Crippen molar-refractivity contribution in [2.45, 2.75) is 39.0 Å². The molecule has 30 heavy (non-hydrogen) atoms. The van der Waals surface area contributed by atoms with Gasteiger partial charge in [-0.1, -0.05) is 22.0 Å². The number of hydrogen-bond acceptors (Lipinski definition) is 3.